The fourth-order valence-electron chi connectivity index (χ4n) is 4.63. The molecule has 3 heterocycles. The highest BCUT2D eigenvalue weighted by Gasteiger charge is 2.32. The van der Waals surface area contributed by atoms with Gasteiger partial charge in [-0.3, -0.25) is 9.78 Å². The molecule has 0 atom stereocenters. The van der Waals surface area contributed by atoms with E-state index in [1.807, 2.05) is 36.4 Å². The largest absolute Gasteiger partial charge is 0.495 e. The molecule has 0 saturated carbocycles. The maximum atomic E-state index is 13.4. The second-order valence-electron chi connectivity index (χ2n) is 9.26. The molecule has 2 aromatic heterocycles. The van der Waals surface area contributed by atoms with Gasteiger partial charge in [0.15, 0.2) is 0 Å². The van der Waals surface area contributed by atoms with E-state index < -0.39 is 15.9 Å². The van der Waals surface area contributed by atoms with Crippen molar-refractivity contribution in [3.63, 3.8) is 0 Å². The fraction of sp³-hybridized carbons (Fsp3) is 0.250. The zero-order valence-corrected chi connectivity index (χ0v) is 21.4. The molecule has 4 aromatic rings. The van der Waals surface area contributed by atoms with Crippen LogP contribution in [-0.2, 0) is 20.2 Å². The number of carbonyl (C=O) groups is 1. The number of carbonyl (C=O) groups excluding carboxylic acids is 1. The molecular formula is C28H27N3O5S. The molecule has 0 aliphatic carbocycles. The number of methoxy groups -OCH3 is 1. The third-order valence-electron chi connectivity index (χ3n) is 6.88. The van der Waals surface area contributed by atoms with Crippen molar-refractivity contribution >= 4 is 26.8 Å². The molecule has 1 N–H and O–H groups in total. The Morgan fingerprint density at radius 3 is 2.57 bits per heavy atom. The molecule has 1 aliphatic heterocycles. The maximum Gasteiger partial charge on any atom is 0.283 e. The summed E-state index contributed by atoms with van der Waals surface area (Å²) >= 11 is 0. The van der Waals surface area contributed by atoms with Crippen LogP contribution in [0.15, 0.2) is 77.8 Å². The predicted molar refractivity (Wildman–Crippen MR) is 140 cm³/mol. The summed E-state index contributed by atoms with van der Waals surface area (Å²) in [5.74, 6) is -0.666. The molecule has 0 bridgehead atoms. The van der Waals surface area contributed by atoms with Gasteiger partial charge in [-0.2, -0.15) is 0 Å². The van der Waals surface area contributed by atoms with Crippen LogP contribution in [0.3, 0.4) is 0 Å². The minimum atomic E-state index is -4.25. The molecule has 2 aromatic carbocycles. The van der Waals surface area contributed by atoms with E-state index in [-0.39, 0.29) is 21.8 Å². The smallest absolute Gasteiger partial charge is 0.283 e. The summed E-state index contributed by atoms with van der Waals surface area (Å²) in [7, 11) is -2.85. The van der Waals surface area contributed by atoms with Gasteiger partial charge in [-0.1, -0.05) is 31.2 Å². The van der Waals surface area contributed by atoms with Gasteiger partial charge < -0.3 is 9.47 Å². The van der Waals surface area contributed by atoms with Crippen molar-refractivity contribution in [2.75, 3.05) is 20.3 Å². The summed E-state index contributed by atoms with van der Waals surface area (Å²) in [6.45, 7) is 3.30. The van der Waals surface area contributed by atoms with Gasteiger partial charge in [-0.15, -0.1) is 0 Å². The van der Waals surface area contributed by atoms with Gasteiger partial charge in [-0.25, -0.2) is 18.1 Å². The highest BCUT2D eigenvalue weighted by molar-refractivity contribution is 7.90. The summed E-state index contributed by atoms with van der Waals surface area (Å²) in [5.41, 5.74) is 2.81. The molecular weight excluding hydrogens is 490 g/mol. The number of nitrogens with zero attached hydrogens (tertiary/aromatic N) is 2. The summed E-state index contributed by atoms with van der Waals surface area (Å²) in [4.78, 5) is 21.8. The SMILES string of the molecule is COc1ccc(C2(C)CCOCC2)cc1S(=O)(=O)NC(=O)c1ccc2c(-c3ccccn3)cccc2n1. The lowest BCUT2D eigenvalue weighted by Crippen LogP contribution is -2.33. The van der Waals surface area contributed by atoms with E-state index in [9.17, 15) is 13.2 Å². The number of ether oxygens (including phenoxy) is 2. The van der Waals surface area contributed by atoms with Gasteiger partial charge >= 0.3 is 0 Å². The zero-order valence-electron chi connectivity index (χ0n) is 20.6. The van der Waals surface area contributed by atoms with Gasteiger partial charge in [-0.05, 0) is 66.3 Å². The molecule has 0 unspecified atom stereocenters. The average Bonchev–Trinajstić information content (AvgIpc) is 2.92. The van der Waals surface area contributed by atoms with Crippen molar-refractivity contribution in [1.29, 1.82) is 0 Å². The molecule has 5 rings (SSSR count). The number of nitrogens with one attached hydrogen (secondary N) is 1. The summed E-state index contributed by atoms with van der Waals surface area (Å²) in [6.07, 6.45) is 3.25. The van der Waals surface area contributed by atoms with Crippen LogP contribution < -0.4 is 9.46 Å². The Balaban J connectivity index is 1.46. The van der Waals surface area contributed by atoms with Crippen LogP contribution in [0, 0.1) is 0 Å². The van der Waals surface area contributed by atoms with E-state index in [1.54, 1.807) is 30.5 Å². The number of amides is 1. The lowest BCUT2D eigenvalue weighted by Gasteiger charge is -2.34. The van der Waals surface area contributed by atoms with Gasteiger partial charge in [0.25, 0.3) is 15.9 Å². The first-order valence-corrected chi connectivity index (χ1v) is 13.4. The highest BCUT2D eigenvalue weighted by Crippen LogP contribution is 2.37. The van der Waals surface area contributed by atoms with E-state index in [2.05, 4.69) is 21.6 Å². The van der Waals surface area contributed by atoms with Crippen molar-refractivity contribution in [3.8, 4) is 17.0 Å². The molecule has 1 saturated heterocycles. The minimum absolute atomic E-state index is 0.0132. The molecule has 9 heteroatoms. The van der Waals surface area contributed by atoms with Crippen LogP contribution in [0.25, 0.3) is 22.2 Å². The fourth-order valence-corrected chi connectivity index (χ4v) is 5.79. The van der Waals surface area contributed by atoms with Crippen LogP contribution in [0.2, 0.25) is 0 Å². The van der Waals surface area contributed by atoms with Crippen molar-refractivity contribution in [1.82, 2.24) is 14.7 Å². The average molecular weight is 518 g/mol. The number of hydrogen-bond acceptors (Lipinski definition) is 7. The monoisotopic (exact) mass is 517 g/mol. The van der Waals surface area contributed by atoms with E-state index in [4.69, 9.17) is 9.47 Å². The first-order valence-electron chi connectivity index (χ1n) is 12.0. The molecule has 1 amide bonds. The second kappa shape index (κ2) is 9.91. The Labute approximate surface area is 215 Å². The molecule has 0 radical (unpaired) electrons. The molecule has 1 fully saturated rings. The third kappa shape index (κ3) is 4.92. The molecule has 1 aliphatic rings. The van der Waals surface area contributed by atoms with Crippen molar-refractivity contribution in [2.24, 2.45) is 0 Å². The van der Waals surface area contributed by atoms with Crippen LogP contribution in [0.4, 0.5) is 0 Å². The quantitative estimate of drug-likeness (QED) is 0.401. The lowest BCUT2D eigenvalue weighted by molar-refractivity contribution is 0.0563. The van der Waals surface area contributed by atoms with Gasteiger partial charge in [0.1, 0.15) is 16.3 Å². The number of pyridine rings is 2. The Morgan fingerprint density at radius 2 is 1.84 bits per heavy atom. The highest BCUT2D eigenvalue weighted by atomic mass is 32.2. The topological polar surface area (TPSA) is 107 Å². The number of aromatic nitrogens is 2. The number of benzene rings is 2. The predicted octanol–water partition coefficient (Wildman–Crippen LogP) is 4.49. The summed E-state index contributed by atoms with van der Waals surface area (Å²) in [6, 6.07) is 19.5. The summed E-state index contributed by atoms with van der Waals surface area (Å²) < 4.78 is 39.7. The van der Waals surface area contributed by atoms with E-state index in [0.29, 0.717) is 18.7 Å². The van der Waals surface area contributed by atoms with E-state index in [0.717, 1.165) is 35.0 Å². The van der Waals surface area contributed by atoms with Gasteiger partial charge in [0.2, 0.25) is 0 Å². The minimum Gasteiger partial charge on any atom is -0.495 e. The van der Waals surface area contributed by atoms with Crippen LogP contribution in [-0.4, -0.2) is 44.6 Å². The van der Waals surface area contributed by atoms with E-state index >= 15 is 0 Å². The van der Waals surface area contributed by atoms with E-state index in [1.165, 1.54) is 13.2 Å². The second-order valence-corrected chi connectivity index (χ2v) is 10.9. The van der Waals surface area contributed by atoms with Crippen molar-refractivity contribution in [2.45, 2.75) is 30.1 Å². The first-order chi connectivity index (χ1) is 17.8. The Morgan fingerprint density at radius 1 is 1.03 bits per heavy atom. The standard InChI is InChI=1S/C28H27N3O5S/c1-28(13-16-36-17-14-28)19-9-12-25(35-2)26(18-19)37(33,34)31-27(32)24-11-10-21-20(6-5-8-23(21)30-24)22-7-3-4-15-29-22/h3-12,15,18H,13-14,16-17H2,1-2H3,(H,31,32). The normalized spacial score (nSPS) is 15.3. The summed E-state index contributed by atoms with van der Waals surface area (Å²) in [5, 5.41) is 0.805. The number of rotatable bonds is 6. The van der Waals surface area contributed by atoms with Crippen molar-refractivity contribution < 1.29 is 22.7 Å². The molecule has 37 heavy (non-hydrogen) atoms. The Kier molecular flexibility index (Phi) is 6.66. The van der Waals surface area contributed by atoms with Gasteiger partial charge in [0, 0.05) is 30.4 Å². The van der Waals surface area contributed by atoms with Crippen LogP contribution in [0.5, 0.6) is 5.75 Å². The molecule has 0 spiro atoms. The zero-order chi connectivity index (χ0) is 26.0. The Bertz CT molecular complexity index is 1570. The molecule has 190 valence electrons. The molecule has 8 nitrogen and oxygen atoms in total. The lowest BCUT2D eigenvalue weighted by atomic mass is 9.76. The van der Waals surface area contributed by atoms with Crippen molar-refractivity contribution in [3.05, 3.63) is 84.2 Å². The Hall–Kier alpha value is -3.82. The van der Waals surface area contributed by atoms with Crippen LogP contribution >= 0.6 is 0 Å². The maximum absolute atomic E-state index is 13.4. The first kappa shape index (κ1) is 24.9. The number of hydrogen-bond donors (Lipinski definition) is 1. The number of fused-ring (bicyclic) bond motifs is 1. The van der Waals surface area contributed by atoms with Gasteiger partial charge in [0.05, 0.1) is 18.3 Å². The van der Waals surface area contributed by atoms with Crippen LogP contribution in [0.1, 0.15) is 35.8 Å². The third-order valence-corrected chi connectivity index (χ3v) is 8.23. The number of sulfonamides is 1.